The maximum Gasteiger partial charge on any atom is 0.260 e. The van der Waals surface area contributed by atoms with Crippen LogP contribution in [0.3, 0.4) is 0 Å². The SMILES string of the molecule is O=C(COc1ccc(F)cc1Cl)N1CCN(C[C@@H]2CCCO2)CC1. The van der Waals surface area contributed by atoms with Gasteiger partial charge in [-0.3, -0.25) is 9.69 Å². The fourth-order valence-electron chi connectivity index (χ4n) is 3.08. The summed E-state index contributed by atoms with van der Waals surface area (Å²) in [5.41, 5.74) is 0. The molecular formula is C17H22ClFN2O3. The summed E-state index contributed by atoms with van der Waals surface area (Å²) in [6.45, 7) is 4.80. The first-order chi connectivity index (χ1) is 11.6. The minimum Gasteiger partial charge on any atom is -0.482 e. The molecule has 1 aromatic carbocycles. The van der Waals surface area contributed by atoms with E-state index in [1.54, 1.807) is 4.90 Å². The number of amides is 1. The van der Waals surface area contributed by atoms with Crippen molar-refractivity contribution < 1.29 is 18.7 Å². The summed E-state index contributed by atoms with van der Waals surface area (Å²) in [5, 5.41) is 0.171. The van der Waals surface area contributed by atoms with E-state index in [-0.39, 0.29) is 17.5 Å². The Bertz CT molecular complexity index is 573. The number of carbonyl (C=O) groups excluding carboxylic acids is 1. The Morgan fingerprint density at radius 1 is 1.33 bits per heavy atom. The van der Waals surface area contributed by atoms with Gasteiger partial charge in [0, 0.05) is 39.3 Å². The van der Waals surface area contributed by atoms with Crippen LogP contribution in [-0.4, -0.2) is 67.7 Å². The lowest BCUT2D eigenvalue weighted by Crippen LogP contribution is -2.51. The second-order valence-corrected chi connectivity index (χ2v) is 6.59. The molecule has 1 atom stereocenters. The second-order valence-electron chi connectivity index (χ2n) is 6.18. The fourth-order valence-corrected chi connectivity index (χ4v) is 3.30. The molecule has 2 aliphatic rings. The van der Waals surface area contributed by atoms with E-state index in [0.717, 1.165) is 39.1 Å². The predicted octanol–water partition coefficient (Wildman–Crippen LogP) is 2.18. The largest absolute Gasteiger partial charge is 0.482 e. The molecule has 0 spiro atoms. The molecule has 0 bridgehead atoms. The Labute approximate surface area is 146 Å². The van der Waals surface area contributed by atoms with Gasteiger partial charge in [0.1, 0.15) is 11.6 Å². The zero-order valence-electron chi connectivity index (χ0n) is 13.5. The number of halogens is 2. The number of carbonyl (C=O) groups is 1. The quantitative estimate of drug-likeness (QED) is 0.811. The summed E-state index contributed by atoms with van der Waals surface area (Å²) in [5.74, 6) is -0.184. The highest BCUT2D eigenvalue weighted by molar-refractivity contribution is 6.32. The summed E-state index contributed by atoms with van der Waals surface area (Å²) in [4.78, 5) is 16.4. The van der Waals surface area contributed by atoms with Crippen LogP contribution in [0.5, 0.6) is 5.75 Å². The Morgan fingerprint density at radius 2 is 2.12 bits per heavy atom. The first-order valence-electron chi connectivity index (χ1n) is 8.31. The smallest absolute Gasteiger partial charge is 0.260 e. The van der Waals surface area contributed by atoms with Gasteiger partial charge in [0.05, 0.1) is 11.1 Å². The average molecular weight is 357 g/mol. The lowest BCUT2D eigenvalue weighted by molar-refractivity contribution is -0.135. The van der Waals surface area contributed by atoms with E-state index in [1.807, 2.05) is 0 Å². The molecule has 0 saturated carbocycles. The van der Waals surface area contributed by atoms with Crippen LogP contribution in [0.4, 0.5) is 4.39 Å². The monoisotopic (exact) mass is 356 g/mol. The highest BCUT2D eigenvalue weighted by Crippen LogP contribution is 2.24. The van der Waals surface area contributed by atoms with Gasteiger partial charge < -0.3 is 14.4 Å². The predicted molar refractivity (Wildman–Crippen MR) is 88.9 cm³/mol. The van der Waals surface area contributed by atoms with Crippen LogP contribution >= 0.6 is 11.6 Å². The van der Waals surface area contributed by atoms with E-state index in [1.165, 1.54) is 18.2 Å². The van der Waals surface area contributed by atoms with E-state index < -0.39 is 5.82 Å². The Hall–Kier alpha value is -1.37. The van der Waals surface area contributed by atoms with Crippen molar-refractivity contribution in [1.82, 2.24) is 9.80 Å². The zero-order chi connectivity index (χ0) is 16.9. The third-order valence-corrected chi connectivity index (χ3v) is 4.75. The average Bonchev–Trinajstić information content (AvgIpc) is 3.07. The van der Waals surface area contributed by atoms with Crippen molar-refractivity contribution in [3.63, 3.8) is 0 Å². The molecule has 0 aliphatic carbocycles. The molecule has 24 heavy (non-hydrogen) atoms. The molecule has 2 heterocycles. The molecule has 2 saturated heterocycles. The van der Waals surface area contributed by atoms with Gasteiger partial charge in [0.2, 0.25) is 0 Å². The Kier molecular flexibility index (Phi) is 5.92. The zero-order valence-corrected chi connectivity index (χ0v) is 14.3. The number of ether oxygens (including phenoxy) is 2. The van der Waals surface area contributed by atoms with Gasteiger partial charge in [-0.25, -0.2) is 4.39 Å². The van der Waals surface area contributed by atoms with Crippen molar-refractivity contribution >= 4 is 17.5 Å². The molecular weight excluding hydrogens is 335 g/mol. The summed E-state index contributed by atoms with van der Waals surface area (Å²) >= 11 is 5.89. The number of piperazine rings is 1. The number of nitrogens with zero attached hydrogens (tertiary/aromatic N) is 2. The van der Waals surface area contributed by atoms with Crippen molar-refractivity contribution in [2.45, 2.75) is 18.9 Å². The van der Waals surface area contributed by atoms with Crippen LogP contribution in [0, 0.1) is 5.82 Å². The van der Waals surface area contributed by atoms with Gasteiger partial charge in [0.25, 0.3) is 5.91 Å². The molecule has 3 rings (SSSR count). The molecule has 5 nitrogen and oxygen atoms in total. The summed E-state index contributed by atoms with van der Waals surface area (Å²) in [7, 11) is 0. The Balaban J connectivity index is 1.41. The van der Waals surface area contributed by atoms with Gasteiger partial charge in [-0.05, 0) is 31.0 Å². The highest BCUT2D eigenvalue weighted by atomic mass is 35.5. The number of benzene rings is 1. The second kappa shape index (κ2) is 8.14. The molecule has 0 radical (unpaired) electrons. The molecule has 0 N–H and O–H groups in total. The molecule has 7 heteroatoms. The van der Waals surface area contributed by atoms with Crippen molar-refractivity contribution in [3.8, 4) is 5.75 Å². The lowest BCUT2D eigenvalue weighted by atomic mass is 10.2. The Morgan fingerprint density at radius 3 is 2.79 bits per heavy atom. The van der Waals surface area contributed by atoms with Crippen molar-refractivity contribution in [2.24, 2.45) is 0 Å². The number of rotatable bonds is 5. The van der Waals surface area contributed by atoms with Crippen LogP contribution in [0.1, 0.15) is 12.8 Å². The summed E-state index contributed by atoms with van der Waals surface area (Å²) in [6, 6.07) is 3.87. The topological polar surface area (TPSA) is 42.0 Å². The molecule has 132 valence electrons. The molecule has 2 fully saturated rings. The van der Waals surface area contributed by atoms with Crippen LogP contribution in [0.2, 0.25) is 5.02 Å². The van der Waals surface area contributed by atoms with Crippen LogP contribution < -0.4 is 4.74 Å². The number of hydrogen-bond donors (Lipinski definition) is 0. The van der Waals surface area contributed by atoms with E-state index in [9.17, 15) is 9.18 Å². The van der Waals surface area contributed by atoms with Gasteiger partial charge in [-0.1, -0.05) is 11.6 Å². The van der Waals surface area contributed by atoms with E-state index in [0.29, 0.717) is 24.9 Å². The van der Waals surface area contributed by atoms with Gasteiger partial charge >= 0.3 is 0 Å². The fraction of sp³-hybridized carbons (Fsp3) is 0.588. The van der Waals surface area contributed by atoms with Gasteiger partial charge in [-0.15, -0.1) is 0 Å². The molecule has 2 aliphatic heterocycles. The van der Waals surface area contributed by atoms with E-state index in [2.05, 4.69) is 4.90 Å². The van der Waals surface area contributed by atoms with Crippen LogP contribution in [-0.2, 0) is 9.53 Å². The van der Waals surface area contributed by atoms with Gasteiger partial charge in [-0.2, -0.15) is 0 Å². The minimum absolute atomic E-state index is 0.0767. The summed E-state index contributed by atoms with van der Waals surface area (Å²) < 4.78 is 24.1. The summed E-state index contributed by atoms with van der Waals surface area (Å²) in [6.07, 6.45) is 2.62. The third kappa shape index (κ3) is 4.59. The first-order valence-corrected chi connectivity index (χ1v) is 8.69. The maximum absolute atomic E-state index is 13.0. The standard InChI is InChI=1S/C17H22ClFN2O3/c18-15-10-13(19)3-4-16(15)24-12-17(22)21-7-5-20(6-8-21)11-14-2-1-9-23-14/h3-4,10,14H,1-2,5-9,11-12H2/t14-/m0/s1. The van der Waals surface area contributed by atoms with Gasteiger partial charge in [0.15, 0.2) is 6.61 Å². The molecule has 0 unspecified atom stereocenters. The number of hydrogen-bond acceptors (Lipinski definition) is 4. The highest BCUT2D eigenvalue weighted by Gasteiger charge is 2.25. The maximum atomic E-state index is 13.0. The van der Waals surface area contributed by atoms with Crippen LogP contribution in [0.15, 0.2) is 18.2 Å². The molecule has 0 aromatic heterocycles. The van der Waals surface area contributed by atoms with Crippen LogP contribution in [0.25, 0.3) is 0 Å². The normalized spacial score (nSPS) is 21.9. The van der Waals surface area contributed by atoms with Crippen molar-refractivity contribution in [3.05, 3.63) is 29.0 Å². The van der Waals surface area contributed by atoms with Crippen molar-refractivity contribution in [2.75, 3.05) is 45.9 Å². The molecule has 1 aromatic rings. The van der Waals surface area contributed by atoms with E-state index >= 15 is 0 Å². The van der Waals surface area contributed by atoms with E-state index in [4.69, 9.17) is 21.1 Å². The minimum atomic E-state index is -0.430. The third-order valence-electron chi connectivity index (χ3n) is 4.46. The molecule has 1 amide bonds. The lowest BCUT2D eigenvalue weighted by Gasteiger charge is -2.35. The van der Waals surface area contributed by atoms with Crippen molar-refractivity contribution in [1.29, 1.82) is 0 Å². The first kappa shape index (κ1) is 17.5.